The number of hydrogen-bond donors (Lipinski definition) is 2. The Bertz CT molecular complexity index is 801. The van der Waals surface area contributed by atoms with Crippen molar-refractivity contribution in [2.45, 2.75) is 39.8 Å². The minimum absolute atomic E-state index is 0. The molecule has 1 aromatic heterocycles. The van der Waals surface area contributed by atoms with Crippen LogP contribution in [-0.2, 0) is 13.1 Å². The molecule has 2 N–H and O–H groups in total. The number of nitrogens with one attached hydrogen (secondary N) is 2. The molecule has 0 amide bonds. The van der Waals surface area contributed by atoms with Crippen LogP contribution in [0.5, 0.6) is 0 Å². The van der Waals surface area contributed by atoms with Crippen LogP contribution in [0.25, 0.3) is 0 Å². The summed E-state index contributed by atoms with van der Waals surface area (Å²) < 4.78 is 13.4. The zero-order chi connectivity index (χ0) is 19.9. The zero-order valence-corrected chi connectivity index (χ0v) is 19.7. The Morgan fingerprint density at radius 3 is 2.38 bits per heavy atom. The number of aliphatic imine (C=N–C) groups is 1. The second kappa shape index (κ2) is 11.3. The molecule has 0 bridgehead atoms. The van der Waals surface area contributed by atoms with Crippen molar-refractivity contribution in [2.24, 2.45) is 10.9 Å². The molecule has 2 aromatic rings. The maximum Gasteiger partial charge on any atom is 0.191 e. The van der Waals surface area contributed by atoms with Crippen molar-refractivity contribution < 1.29 is 4.39 Å². The monoisotopic (exact) mass is 511 g/mol. The molecule has 0 saturated carbocycles. The summed E-state index contributed by atoms with van der Waals surface area (Å²) in [4.78, 5) is 11.2. The van der Waals surface area contributed by atoms with E-state index in [-0.39, 0.29) is 29.8 Å². The van der Waals surface area contributed by atoms with Gasteiger partial charge < -0.3 is 15.5 Å². The molecule has 29 heavy (non-hydrogen) atoms. The van der Waals surface area contributed by atoms with Gasteiger partial charge in [0.2, 0.25) is 0 Å². The van der Waals surface area contributed by atoms with Crippen LogP contribution < -0.4 is 15.5 Å². The number of guanidine groups is 1. The summed E-state index contributed by atoms with van der Waals surface area (Å²) in [6.45, 7) is 7.50. The van der Waals surface area contributed by atoms with E-state index in [4.69, 9.17) is 0 Å². The van der Waals surface area contributed by atoms with E-state index in [1.54, 1.807) is 20.0 Å². The number of halogens is 2. The van der Waals surface area contributed by atoms with Crippen molar-refractivity contribution in [3.63, 3.8) is 0 Å². The van der Waals surface area contributed by atoms with Crippen LogP contribution in [0, 0.1) is 18.7 Å². The molecule has 1 saturated heterocycles. The van der Waals surface area contributed by atoms with E-state index in [0.29, 0.717) is 24.6 Å². The average Bonchev–Trinajstić information content (AvgIpc) is 2.72. The molecule has 1 fully saturated rings. The van der Waals surface area contributed by atoms with E-state index in [1.807, 2.05) is 12.3 Å². The minimum Gasteiger partial charge on any atom is -0.357 e. The minimum atomic E-state index is -0.179. The molecule has 0 aliphatic carbocycles. The Labute approximate surface area is 190 Å². The molecule has 5 nitrogen and oxygen atoms in total. The van der Waals surface area contributed by atoms with Gasteiger partial charge in [-0.3, -0.25) is 4.99 Å². The first kappa shape index (κ1) is 23.4. The van der Waals surface area contributed by atoms with Gasteiger partial charge in [-0.1, -0.05) is 25.1 Å². The number of aryl methyl sites for hydroxylation is 1. The number of nitrogens with zero attached hydrogens (tertiary/aromatic N) is 3. The van der Waals surface area contributed by atoms with Gasteiger partial charge in [0, 0.05) is 39.4 Å². The van der Waals surface area contributed by atoms with E-state index in [1.165, 1.54) is 18.9 Å². The molecule has 1 aromatic carbocycles. The highest BCUT2D eigenvalue weighted by Crippen LogP contribution is 2.21. The number of pyridine rings is 1. The lowest BCUT2D eigenvalue weighted by Crippen LogP contribution is -2.36. The number of piperidine rings is 1. The molecule has 0 atom stereocenters. The third-order valence-corrected chi connectivity index (χ3v) is 5.28. The van der Waals surface area contributed by atoms with Crippen LogP contribution in [0.2, 0.25) is 0 Å². The maximum atomic E-state index is 13.4. The Morgan fingerprint density at radius 1 is 1.14 bits per heavy atom. The molecule has 0 unspecified atom stereocenters. The normalized spacial score (nSPS) is 15.0. The van der Waals surface area contributed by atoms with E-state index >= 15 is 0 Å². The van der Waals surface area contributed by atoms with Crippen molar-refractivity contribution in [3.05, 3.63) is 59.0 Å². The van der Waals surface area contributed by atoms with Gasteiger partial charge in [0.1, 0.15) is 11.6 Å². The smallest absolute Gasteiger partial charge is 0.191 e. The number of rotatable bonds is 5. The van der Waals surface area contributed by atoms with Gasteiger partial charge in [-0.15, -0.1) is 24.0 Å². The highest BCUT2D eigenvalue weighted by Gasteiger charge is 2.16. The van der Waals surface area contributed by atoms with Crippen LogP contribution in [0.1, 0.15) is 36.5 Å². The molecular weight excluding hydrogens is 480 g/mol. The number of aromatic nitrogens is 1. The van der Waals surface area contributed by atoms with E-state index < -0.39 is 0 Å². The summed E-state index contributed by atoms with van der Waals surface area (Å²) in [5.41, 5.74) is 2.77. The summed E-state index contributed by atoms with van der Waals surface area (Å²) in [6.07, 6.45) is 4.40. The molecule has 3 rings (SSSR count). The van der Waals surface area contributed by atoms with Gasteiger partial charge in [0.25, 0.3) is 0 Å². The van der Waals surface area contributed by atoms with Crippen molar-refractivity contribution in [3.8, 4) is 0 Å². The molecule has 158 valence electrons. The Kier molecular flexibility index (Phi) is 9.13. The summed E-state index contributed by atoms with van der Waals surface area (Å²) in [5, 5.41) is 6.56. The topological polar surface area (TPSA) is 52.6 Å². The largest absolute Gasteiger partial charge is 0.357 e. The van der Waals surface area contributed by atoms with Crippen LogP contribution in [-0.4, -0.2) is 31.1 Å². The van der Waals surface area contributed by atoms with Gasteiger partial charge in [-0.25, -0.2) is 9.37 Å². The fourth-order valence-corrected chi connectivity index (χ4v) is 3.35. The number of benzene rings is 1. The van der Waals surface area contributed by atoms with Gasteiger partial charge in [0.05, 0.1) is 0 Å². The predicted octanol–water partition coefficient (Wildman–Crippen LogP) is 4.25. The highest BCUT2D eigenvalue weighted by molar-refractivity contribution is 14.0. The lowest BCUT2D eigenvalue weighted by Gasteiger charge is -2.31. The Morgan fingerprint density at radius 2 is 1.79 bits per heavy atom. The molecule has 1 aliphatic heterocycles. The molecule has 2 heterocycles. The van der Waals surface area contributed by atoms with Crippen LogP contribution in [0.4, 0.5) is 10.2 Å². The molecule has 1 aliphatic rings. The molecule has 0 radical (unpaired) electrons. The summed E-state index contributed by atoms with van der Waals surface area (Å²) in [7, 11) is 1.74. The van der Waals surface area contributed by atoms with Crippen molar-refractivity contribution in [2.75, 3.05) is 25.0 Å². The zero-order valence-electron chi connectivity index (χ0n) is 17.4. The maximum absolute atomic E-state index is 13.4. The summed E-state index contributed by atoms with van der Waals surface area (Å²) >= 11 is 0. The highest BCUT2D eigenvalue weighted by atomic mass is 127. The quantitative estimate of drug-likeness (QED) is 0.358. The first-order chi connectivity index (χ1) is 13.5. The van der Waals surface area contributed by atoms with Crippen LogP contribution >= 0.6 is 24.0 Å². The standard InChI is InChI=1S/C22H30FN5.HI/c1-16-8-10-28(11-9-16)21-7-5-19(14-25-21)15-27-22(24-3)26-13-18-4-6-20(23)17(2)12-18;/h4-7,12,14,16H,8-11,13,15H2,1-3H3,(H2,24,26,27);1H. The summed E-state index contributed by atoms with van der Waals surface area (Å²) in [6, 6.07) is 9.35. The van der Waals surface area contributed by atoms with E-state index in [0.717, 1.165) is 36.0 Å². The average molecular weight is 511 g/mol. The molecule has 7 heteroatoms. The fraction of sp³-hybridized carbons (Fsp3) is 0.455. The second-order valence-corrected chi connectivity index (χ2v) is 7.56. The van der Waals surface area contributed by atoms with Gasteiger partial charge >= 0.3 is 0 Å². The second-order valence-electron chi connectivity index (χ2n) is 7.56. The Balaban J connectivity index is 0.00000300. The third kappa shape index (κ3) is 6.83. The molecule has 0 spiro atoms. The third-order valence-electron chi connectivity index (χ3n) is 5.28. The van der Waals surface area contributed by atoms with Crippen molar-refractivity contribution in [1.29, 1.82) is 0 Å². The first-order valence-corrected chi connectivity index (χ1v) is 9.94. The predicted molar refractivity (Wildman–Crippen MR) is 128 cm³/mol. The van der Waals surface area contributed by atoms with Gasteiger partial charge in [-0.2, -0.15) is 0 Å². The summed E-state index contributed by atoms with van der Waals surface area (Å²) in [5.74, 6) is 2.40. The lowest BCUT2D eigenvalue weighted by atomic mass is 9.99. The number of anilines is 1. The van der Waals surface area contributed by atoms with E-state index in [9.17, 15) is 4.39 Å². The SMILES string of the molecule is CN=C(NCc1ccc(N2CCC(C)CC2)nc1)NCc1ccc(F)c(C)c1.I. The molecular formula is C22H31FIN5. The lowest BCUT2D eigenvalue weighted by molar-refractivity contribution is 0.436. The van der Waals surface area contributed by atoms with Gasteiger partial charge in [0.15, 0.2) is 5.96 Å². The number of hydrogen-bond acceptors (Lipinski definition) is 3. The van der Waals surface area contributed by atoms with Crippen LogP contribution in [0.15, 0.2) is 41.5 Å². The Hall–Kier alpha value is -1.90. The van der Waals surface area contributed by atoms with Gasteiger partial charge in [-0.05, 0) is 54.5 Å². The van der Waals surface area contributed by atoms with Crippen molar-refractivity contribution >= 4 is 35.8 Å². The first-order valence-electron chi connectivity index (χ1n) is 9.94. The van der Waals surface area contributed by atoms with Crippen LogP contribution in [0.3, 0.4) is 0 Å². The van der Waals surface area contributed by atoms with E-state index in [2.05, 4.69) is 44.6 Å². The van der Waals surface area contributed by atoms with Crippen molar-refractivity contribution in [1.82, 2.24) is 15.6 Å². The fourth-order valence-electron chi connectivity index (χ4n) is 3.35.